The van der Waals surface area contributed by atoms with Gasteiger partial charge in [-0.1, -0.05) is 18.2 Å². The van der Waals surface area contributed by atoms with Crippen molar-refractivity contribution in [2.24, 2.45) is 4.99 Å². The fourth-order valence-electron chi connectivity index (χ4n) is 3.06. The molecule has 1 aromatic carbocycles. The standard InChI is InChI=1S/C20H25N5.HI/c1-14-7-5-10-22-18(14)13-25-20(21-3)23-11-9-16-12-24-17-8-4-6-15(2)19(16)17;/h4-8,10,12,24H,9,11,13H2,1-3H3,(H2,21,23,25);1H. The van der Waals surface area contributed by atoms with E-state index in [1.807, 2.05) is 12.3 Å². The van der Waals surface area contributed by atoms with Crippen LogP contribution in [0.3, 0.4) is 0 Å². The Morgan fingerprint density at radius 2 is 1.92 bits per heavy atom. The van der Waals surface area contributed by atoms with Crippen molar-refractivity contribution in [2.45, 2.75) is 26.8 Å². The highest BCUT2D eigenvalue weighted by atomic mass is 127. The number of nitrogens with one attached hydrogen (secondary N) is 3. The average Bonchev–Trinajstić information content (AvgIpc) is 3.04. The highest BCUT2D eigenvalue weighted by Gasteiger charge is 2.06. The van der Waals surface area contributed by atoms with Gasteiger partial charge >= 0.3 is 0 Å². The van der Waals surface area contributed by atoms with E-state index >= 15 is 0 Å². The summed E-state index contributed by atoms with van der Waals surface area (Å²) in [6, 6.07) is 10.4. The summed E-state index contributed by atoms with van der Waals surface area (Å²) >= 11 is 0. The van der Waals surface area contributed by atoms with Crippen molar-refractivity contribution < 1.29 is 0 Å². The molecule has 0 bridgehead atoms. The average molecular weight is 463 g/mol. The van der Waals surface area contributed by atoms with Gasteiger partial charge in [0.15, 0.2) is 5.96 Å². The number of aromatic amines is 1. The monoisotopic (exact) mass is 463 g/mol. The molecule has 26 heavy (non-hydrogen) atoms. The van der Waals surface area contributed by atoms with Crippen LogP contribution < -0.4 is 10.6 Å². The molecule has 0 aliphatic heterocycles. The van der Waals surface area contributed by atoms with Crippen LogP contribution in [0.1, 0.15) is 22.4 Å². The second-order valence-electron chi connectivity index (χ2n) is 6.18. The number of guanidine groups is 1. The van der Waals surface area contributed by atoms with Crippen molar-refractivity contribution in [1.29, 1.82) is 0 Å². The minimum absolute atomic E-state index is 0. The molecule has 0 spiro atoms. The lowest BCUT2D eigenvalue weighted by Gasteiger charge is -2.12. The largest absolute Gasteiger partial charge is 0.361 e. The van der Waals surface area contributed by atoms with Gasteiger partial charge < -0.3 is 15.6 Å². The van der Waals surface area contributed by atoms with Gasteiger partial charge in [-0.2, -0.15) is 0 Å². The lowest BCUT2D eigenvalue weighted by Crippen LogP contribution is -2.38. The maximum Gasteiger partial charge on any atom is 0.191 e. The number of fused-ring (bicyclic) bond motifs is 1. The minimum atomic E-state index is 0. The summed E-state index contributed by atoms with van der Waals surface area (Å²) in [5.41, 5.74) is 6.05. The molecule has 2 aromatic heterocycles. The molecule has 5 nitrogen and oxygen atoms in total. The van der Waals surface area contributed by atoms with E-state index in [1.165, 1.54) is 27.6 Å². The highest BCUT2D eigenvalue weighted by Crippen LogP contribution is 2.22. The predicted octanol–water partition coefficient (Wildman–Crippen LogP) is 3.71. The van der Waals surface area contributed by atoms with Crippen LogP contribution in [0.4, 0.5) is 0 Å². The third-order valence-electron chi connectivity index (χ3n) is 4.45. The molecular formula is C20H26IN5. The predicted molar refractivity (Wildman–Crippen MR) is 119 cm³/mol. The fourth-order valence-corrected chi connectivity index (χ4v) is 3.06. The normalized spacial score (nSPS) is 11.3. The Morgan fingerprint density at radius 3 is 2.69 bits per heavy atom. The quantitative estimate of drug-likeness (QED) is 0.307. The molecule has 138 valence electrons. The number of nitrogens with zero attached hydrogens (tertiary/aromatic N) is 2. The van der Waals surface area contributed by atoms with Gasteiger partial charge in [-0.3, -0.25) is 9.98 Å². The van der Waals surface area contributed by atoms with E-state index in [0.29, 0.717) is 6.54 Å². The first kappa shape index (κ1) is 20.2. The first-order chi connectivity index (χ1) is 12.2. The Labute approximate surface area is 171 Å². The SMILES string of the molecule is CN=C(NCCc1c[nH]c2cccc(C)c12)NCc1ncccc1C.I. The topological polar surface area (TPSA) is 65.1 Å². The van der Waals surface area contributed by atoms with Gasteiger partial charge in [-0.15, -0.1) is 24.0 Å². The molecule has 0 radical (unpaired) electrons. The Kier molecular flexibility index (Phi) is 7.44. The van der Waals surface area contributed by atoms with Crippen molar-refractivity contribution in [2.75, 3.05) is 13.6 Å². The molecule has 0 amide bonds. The third-order valence-corrected chi connectivity index (χ3v) is 4.45. The second kappa shape index (κ2) is 9.56. The Balaban J connectivity index is 0.00000243. The van der Waals surface area contributed by atoms with Crippen LogP contribution in [0, 0.1) is 13.8 Å². The zero-order chi connectivity index (χ0) is 17.6. The van der Waals surface area contributed by atoms with Gasteiger partial charge in [-0.05, 0) is 49.1 Å². The molecule has 0 aliphatic rings. The molecule has 3 rings (SSSR count). The van der Waals surface area contributed by atoms with Gasteiger partial charge in [0.05, 0.1) is 12.2 Å². The lowest BCUT2D eigenvalue weighted by molar-refractivity contribution is 0.781. The molecular weight excluding hydrogens is 437 g/mol. The molecule has 3 aromatic rings. The molecule has 0 atom stereocenters. The number of benzene rings is 1. The number of aromatic nitrogens is 2. The van der Waals surface area contributed by atoms with Crippen molar-refractivity contribution in [3.05, 3.63) is 65.1 Å². The number of aryl methyl sites for hydroxylation is 2. The van der Waals surface area contributed by atoms with Gasteiger partial charge in [0.2, 0.25) is 0 Å². The molecule has 0 saturated carbocycles. The molecule has 0 fully saturated rings. The molecule has 0 aliphatic carbocycles. The minimum Gasteiger partial charge on any atom is -0.361 e. The van der Waals surface area contributed by atoms with Crippen LogP contribution in [-0.4, -0.2) is 29.5 Å². The molecule has 6 heteroatoms. The highest BCUT2D eigenvalue weighted by molar-refractivity contribution is 14.0. The van der Waals surface area contributed by atoms with Crippen LogP contribution in [0.25, 0.3) is 10.9 Å². The van der Waals surface area contributed by atoms with Gasteiger partial charge in [-0.25, -0.2) is 0 Å². The van der Waals surface area contributed by atoms with Crippen LogP contribution >= 0.6 is 24.0 Å². The first-order valence-electron chi connectivity index (χ1n) is 8.59. The summed E-state index contributed by atoms with van der Waals surface area (Å²) in [6.07, 6.45) is 4.86. The molecule has 2 heterocycles. The van der Waals surface area contributed by atoms with Crippen LogP contribution in [0.15, 0.2) is 47.7 Å². The number of pyridine rings is 1. The summed E-state index contributed by atoms with van der Waals surface area (Å²) in [7, 11) is 1.79. The van der Waals surface area contributed by atoms with E-state index in [4.69, 9.17) is 0 Å². The Morgan fingerprint density at radius 1 is 1.12 bits per heavy atom. The van der Waals surface area contributed by atoms with E-state index < -0.39 is 0 Å². The second-order valence-corrected chi connectivity index (χ2v) is 6.18. The van der Waals surface area contributed by atoms with Gasteiger partial charge in [0.25, 0.3) is 0 Å². The van der Waals surface area contributed by atoms with Gasteiger partial charge in [0, 0.05) is 36.9 Å². The zero-order valence-corrected chi connectivity index (χ0v) is 17.8. The van der Waals surface area contributed by atoms with Crippen molar-refractivity contribution in [3.8, 4) is 0 Å². The van der Waals surface area contributed by atoms with Crippen molar-refractivity contribution in [1.82, 2.24) is 20.6 Å². The molecule has 0 saturated heterocycles. The number of aliphatic imine (C=N–C) groups is 1. The summed E-state index contributed by atoms with van der Waals surface area (Å²) in [5.74, 6) is 0.793. The maximum atomic E-state index is 4.40. The Hall–Kier alpha value is -2.09. The van der Waals surface area contributed by atoms with Crippen LogP contribution in [0.2, 0.25) is 0 Å². The number of halogens is 1. The van der Waals surface area contributed by atoms with Crippen LogP contribution in [0.5, 0.6) is 0 Å². The number of hydrogen-bond donors (Lipinski definition) is 3. The van der Waals surface area contributed by atoms with E-state index in [1.54, 1.807) is 7.05 Å². The third kappa shape index (κ3) is 4.75. The number of rotatable bonds is 5. The van der Waals surface area contributed by atoms with E-state index in [9.17, 15) is 0 Å². The van der Waals surface area contributed by atoms with E-state index in [0.717, 1.165) is 24.6 Å². The van der Waals surface area contributed by atoms with Crippen LogP contribution in [-0.2, 0) is 13.0 Å². The van der Waals surface area contributed by atoms with E-state index in [-0.39, 0.29) is 24.0 Å². The Bertz CT molecular complexity index is 885. The summed E-state index contributed by atoms with van der Waals surface area (Å²) in [4.78, 5) is 12.0. The number of hydrogen-bond acceptors (Lipinski definition) is 2. The lowest BCUT2D eigenvalue weighted by atomic mass is 10.1. The molecule has 0 unspecified atom stereocenters. The van der Waals surface area contributed by atoms with Crippen molar-refractivity contribution >= 4 is 40.8 Å². The maximum absolute atomic E-state index is 4.40. The fraction of sp³-hybridized carbons (Fsp3) is 0.300. The summed E-state index contributed by atoms with van der Waals surface area (Å²) < 4.78 is 0. The number of H-pyrrole nitrogens is 1. The smallest absolute Gasteiger partial charge is 0.191 e. The summed E-state index contributed by atoms with van der Waals surface area (Å²) in [6.45, 7) is 5.71. The zero-order valence-electron chi connectivity index (χ0n) is 15.5. The van der Waals surface area contributed by atoms with Gasteiger partial charge in [0.1, 0.15) is 0 Å². The summed E-state index contributed by atoms with van der Waals surface area (Å²) in [5, 5.41) is 8.03. The molecule has 3 N–H and O–H groups in total. The van der Waals surface area contributed by atoms with E-state index in [2.05, 4.69) is 69.9 Å². The van der Waals surface area contributed by atoms with Crippen molar-refractivity contribution in [3.63, 3.8) is 0 Å². The first-order valence-corrected chi connectivity index (χ1v) is 8.59.